The Labute approximate surface area is 176 Å². The first-order chi connectivity index (χ1) is 14.7. The van der Waals surface area contributed by atoms with Crippen LogP contribution >= 0.6 is 0 Å². The van der Waals surface area contributed by atoms with Crippen LogP contribution in [-0.4, -0.2) is 68.2 Å². The summed E-state index contributed by atoms with van der Waals surface area (Å²) in [5.74, 6) is -2.13. The molecule has 2 aromatic rings. The number of aliphatic hydroxyl groups excluding tert-OH is 3. The van der Waals surface area contributed by atoms with E-state index in [9.17, 15) is 24.9 Å². The van der Waals surface area contributed by atoms with E-state index in [4.69, 9.17) is 19.7 Å². The molecule has 1 fully saturated rings. The Kier molecular flexibility index (Phi) is 6.76. The van der Waals surface area contributed by atoms with Crippen molar-refractivity contribution in [1.29, 1.82) is 0 Å². The van der Waals surface area contributed by atoms with Crippen LogP contribution in [0.1, 0.15) is 18.4 Å². The molecule has 2 aromatic carbocycles. The van der Waals surface area contributed by atoms with E-state index in [2.05, 4.69) is 4.74 Å². The third-order valence-electron chi connectivity index (χ3n) is 4.87. The lowest BCUT2D eigenvalue weighted by Gasteiger charge is -2.38. The quantitative estimate of drug-likeness (QED) is 0.424. The zero-order valence-corrected chi connectivity index (χ0v) is 16.4. The average molecular weight is 434 g/mol. The lowest BCUT2D eigenvalue weighted by atomic mass is 9.98. The van der Waals surface area contributed by atoms with Gasteiger partial charge >= 0.3 is 11.9 Å². The van der Waals surface area contributed by atoms with Crippen LogP contribution in [0.2, 0.25) is 0 Å². The summed E-state index contributed by atoms with van der Waals surface area (Å²) in [6, 6.07) is 12.7. The summed E-state index contributed by atoms with van der Waals surface area (Å²) in [5, 5.41) is 48.0. The number of rotatable bonds is 7. The third kappa shape index (κ3) is 5.12. The summed E-state index contributed by atoms with van der Waals surface area (Å²) >= 11 is 0. The van der Waals surface area contributed by atoms with Gasteiger partial charge in [-0.1, -0.05) is 12.1 Å². The largest absolute Gasteiger partial charge is 0.485 e. The van der Waals surface area contributed by atoms with Crippen LogP contribution in [0.4, 0.5) is 0 Å². The Morgan fingerprint density at radius 3 is 2.19 bits per heavy atom. The molecule has 10 heteroatoms. The first-order valence-electron chi connectivity index (χ1n) is 9.37. The lowest BCUT2D eigenvalue weighted by Crippen LogP contribution is -2.61. The predicted molar refractivity (Wildman–Crippen MR) is 104 cm³/mol. The van der Waals surface area contributed by atoms with Crippen molar-refractivity contribution in [1.82, 2.24) is 0 Å². The highest BCUT2D eigenvalue weighted by Crippen LogP contribution is 2.29. The van der Waals surface area contributed by atoms with Crippen LogP contribution in [-0.2, 0) is 14.3 Å². The first-order valence-corrected chi connectivity index (χ1v) is 9.37. The van der Waals surface area contributed by atoms with E-state index in [1.807, 2.05) is 0 Å². The molecule has 166 valence electrons. The molecular formula is C21H22O10. The SMILES string of the molecule is CC(C(=O)O)c1cccc(Oc2ccc(O[C@H]3[C@H](O)[C@@H](C(=O)O)OC(O)[C@@H]3O)cc2)c1. The third-order valence-corrected chi connectivity index (χ3v) is 4.87. The van der Waals surface area contributed by atoms with E-state index in [0.29, 0.717) is 17.1 Å². The minimum Gasteiger partial charge on any atom is -0.485 e. The summed E-state index contributed by atoms with van der Waals surface area (Å²) in [5.41, 5.74) is 0.582. The van der Waals surface area contributed by atoms with Crippen molar-refractivity contribution in [2.24, 2.45) is 0 Å². The molecule has 3 rings (SSSR count). The van der Waals surface area contributed by atoms with Gasteiger partial charge in [0.05, 0.1) is 5.92 Å². The Morgan fingerprint density at radius 2 is 1.58 bits per heavy atom. The summed E-state index contributed by atoms with van der Waals surface area (Å²) in [6.07, 6.45) is -8.42. The second-order valence-corrected chi connectivity index (χ2v) is 7.06. The van der Waals surface area contributed by atoms with E-state index in [0.717, 1.165) is 0 Å². The topological polar surface area (TPSA) is 163 Å². The van der Waals surface area contributed by atoms with Gasteiger partial charge in [0, 0.05) is 0 Å². The highest BCUT2D eigenvalue weighted by molar-refractivity contribution is 5.75. The maximum atomic E-state index is 11.2. The van der Waals surface area contributed by atoms with E-state index in [1.165, 1.54) is 24.3 Å². The smallest absolute Gasteiger partial charge is 0.335 e. The van der Waals surface area contributed by atoms with Crippen LogP contribution in [0.15, 0.2) is 48.5 Å². The molecule has 0 spiro atoms. The van der Waals surface area contributed by atoms with Crippen molar-refractivity contribution < 1.29 is 49.3 Å². The lowest BCUT2D eigenvalue weighted by molar-refractivity contribution is -0.275. The van der Waals surface area contributed by atoms with Crippen LogP contribution in [0.25, 0.3) is 0 Å². The molecule has 0 bridgehead atoms. The number of aliphatic hydroxyl groups is 3. The molecule has 31 heavy (non-hydrogen) atoms. The summed E-state index contributed by atoms with van der Waals surface area (Å²) < 4.78 is 15.9. The van der Waals surface area contributed by atoms with Gasteiger partial charge in [-0.2, -0.15) is 0 Å². The number of carboxylic acids is 2. The fourth-order valence-electron chi connectivity index (χ4n) is 3.06. The summed E-state index contributed by atoms with van der Waals surface area (Å²) in [6.45, 7) is 1.57. The highest BCUT2D eigenvalue weighted by Gasteiger charge is 2.48. The van der Waals surface area contributed by atoms with Gasteiger partial charge < -0.3 is 39.7 Å². The van der Waals surface area contributed by atoms with E-state index >= 15 is 0 Å². The number of aliphatic carboxylic acids is 2. The minimum absolute atomic E-state index is 0.182. The molecule has 0 amide bonds. The Morgan fingerprint density at radius 1 is 0.935 bits per heavy atom. The van der Waals surface area contributed by atoms with E-state index < -0.39 is 48.6 Å². The fraction of sp³-hybridized carbons (Fsp3) is 0.333. The van der Waals surface area contributed by atoms with Gasteiger partial charge in [-0.3, -0.25) is 4.79 Å². The van der Waals surface area contributed by atoms with Crippen molar-refractivity contribution in [3.63, 3.8) is 0 Å². The van der Waals surface area contributed by atoms with Crippen LogP contribution in [0, 0.1) is 0 Å². The molecule has 0 radical (unpaired) electrons. The number of carboxylic acid groups (broad SMARTS) is 2. The zero-order valence-electron chi connectivity index (χ0n) is 16.4. The second-order valence-electron chi connectivity index (χ2n) is 7.06. The van der Waals surface area contributed by atoms with E-state index in [-0.39, 0.29) is 5.75 Å². The standard InChI is InChI=1S/C21H22O10/c1-10(19(24)25)11-3-2-4-14(9-11)29-12-5-7-13(8-6-12)30-17-15(22)18(20(26)27)31-21(28)16(17)23/h2-10,15-18,21-23,28H,1H3,(H,24,25)(H,26,27)/t10?,15-,16+,17-,18-,21?/m0/s1. The molecule has 0 aliphatic carbocycles. The zero-order chi connectivity index (χ0) is 22.7. The average Bonchev–Trinajstić information content (AvgIpc) is 2.74. The molecule has 1 aliphatic rings. The maximum Gasteiger partial charge on any atom is 0.335 e. The van der Waals surface area contributed by atoms with Crippen molar-refractivity contribution >= 4 is 11.9 Å². The normalized spacial score (nSPS) is 26.6. The monoisotopic (exact) mass is 434 g/mol. The van der Waals surface area contributed by atoms with Crippen LogP contribution < -0.4 is 9.47 Å². The molecule has 2 unspecified atom stereocenters. The molecule has 1 heterocycles. The number of hydrogen-bond donors (Lipinski definition) is 5. The van der Waals surface area contributed by atoms with Crippen molar-refractivity contribution in [2.75, 3.05) is 0 Å². The van der Waals surface area contributed by atoms with Crippen molar-refractivity contribution in [3.8, 4) is 17.2 Å². The summed E-state index contributed by atoms with van der Waals surface area (Å²) in [7, 11) is 0. The minimum atomic E-state index is -1.84. The van der Waals surface area contributed by atoms with Gasteiger partial charge in [-0.15, -0.1) is 0 Å². The van der Waals surface area contributed by atoms with Gasteiger partial charge in [0.2, 0.25) is 0 Å². The Hall–Kier alpha value is -3.18. The van der Waals surface area contributed by atoms with Crippen LogP contribution in [0.3, 0.4) is 0 Å². The summed E-state index contributed by atoms with van der Waals surface area (Å²) in [4.78, 5) is 22.3. The van der Waals surface area contributed by atoms with Gasteiger partial charge in [0.25, 0.3) is 0 Å². The Bertz CT molecular complexity index is 928. The number of carbonyl (C=O) groups is 2. The predicted octanol–water partition coefficient (Wildman–Crippen LogP) is 0.938. The molecule has 6 atom stereocenters. The maximum absolute atomic E-state index is 11.2. The molecule has 0 aromatic heterocycles. The molecule has 0 saturated carbocycles. The molecule has 1 aliphatic heterocycles. The van der Waals surface area contributed by atoms with E-state index in [1.54, 1.807) is 31.2 Å². The molecular weight excluding hydrogens is 412 g/mol. The molecule has 5 N–H and O–H groups in total. The van der Waals surface area contributed by atoms with Crippen LogP contribution in [0.5, 0.6) is 17.2 Å². The fourth-order valence-corrected chi connectivity index (χ4v) is 3.06. The van der Waals surface area contributed by atoms with Gasteiger partial charge in [-0.05, 0) is 48.9 Å². The first kappa shape index (κ1) is 22.5. The number of benzene rings is 2. The Balaban J connectivity index is 1.70. The van der Waals surface area contributed by atoms with Crippen molar-refractivity contribution in [2.45, 2.75) is 43.5 Å². The second kappa shape index (κ2) is 9.31. The van der Waals surface area contributed by atoms with Crippen molar-refractivity contribution in [3.05, 3.63) is 54.1 Å². The number of ether oxygens (including phenoxy) is 3. The number of hydrogen-bond acceptors (Lipinski definition) is 8. The van der Waals surface area contributed by atoms with Gasteiger partial charge in [0.1, 0.15) is 29.5 Å². The van der Waals surface area contributed by atoms with Gasteiger partial charge in [0.15, 0.2) is 18.5 Å². The van der Waals surface area contributed by atoms with Gasteiger partial charge in [-0.25, -0.2) is 4.79 Å². The highest BCUT2D eigenvalue weighted by atomic mass is 16.7. The molecule has 1 saturated heterocycles. The molecule has 10 nitrogen and oxygen atoms in total.